The predicted molar refractivity (Wildman–Crippen MR) is 37.7 cm³/mol. The van der Waals surface area contributed by atoms with Crippen LogP contribution in [-0.4, -0.2) is 31.3 Å². The second kappa shape index (κ2) is 2.86. The lowest BCUT2D eigenvalue weighted by Crippen LogP contribution is -2.30. The molecule has 2 nitrogen and oxygen atoms in total. The lowest BCUT2D eigenvalue weighted by molar-refractivity contribution is -0.00603. The van der Waals surface area contributed by atoms with Crippen LogP contribution in [0, 0.1) is 5.92 Å². The fraction of sp³-hybridized carbons (Fsp3) is 1.00. The van der Waals surface area contributed by atoms with Crippen LogP contribution in [-0.2, 0) is 4.74 Å². The summed E-state index contributed by atoms with van der Waals surface area (Å²) >= 11 is 0. The SMILES string of the molecule is C1CN2COCC1C2.Cl. The first-order chi connectivity index (χ1) is 3.95. The molecular formula is C6H12ClNO. The van der Waals surface area contributed by atoms with Crippen molar-refractivity contribution in [2.45, 2.75) is 6.42 Å². The first kappa shape index (κ1) is 7.32. The quantitative estimate of drug-likeness (QED) is 0.503. The maximum Gasteiger partial charge on any atom is 0.0990 e. The van der Waals surface area contributed by atoms with Gasteiger partial charge in [-0.15, -0.1) is 12.4 Å². The highest BCUT2D eigenvalue weighted by Crippen LogP contribution is 2.19. The molecule has 0 saturated carbocycles. The standard InChI is InChI=1S/C6H11NO.ClH/c1-2-7-3-6(1)4-8-5-7;/h6H,1-5H2;1H. The molecule has 0 spiro atoms. The lowest BCUT2D eigenvalue weighted by Gasteiger charge is -2.21. The summed E-state index contributed by atoms with van der Waals surface area (Å²) in [5.74, 6) is 0.865. The summed E-state index contributed by atoms with van der Waals surface area (Å²) in [4.78, 5) is 2.37. The minimum Gasteiger partial charge on any atom is -0.366 e. The van der Waals surface area contributed by atoms with Gasteiger partial charge in [0, 0.05) is 13.1 Å². The molecule has 0 N–H and O–H groups in total. The molecule has 2 aliphatic heterocycles. The highest BCUT2D eigenvalue weighted by molar-refractivity contribution is 5.85. The summed E-state index contributed by atoms with van der Waals surface area (Å²) in [5.41, 5.74) is 0. The molecule has 0 aliphatic carbocycles. The van der Waals surface area contributed by atoms with E-state index in [-0.39, 0.29) is 12.4 Å². The fourth-order valence-corrected chi connectivity index (χ4v) is 1.51. The zero-order chi connectivity index (χ0) is 5.40. The average Bonchev–Trinajstić information content (AvgIpc) is 2.12. The molecule has 54 valence electrons. The summed E-state index contributed by atoms with van der Waals surface area (Å²) in [6.07, 6.45) is 1.36. The number of ether oxygens (including phenoxy) is 1. The van der Waals surface area contributed by atoms with Crippen LogP contribution in [0.3, 0.4) is 0 Å². The first-order valence-electron chi connectivity index (χ1n) is 3.25. The van der Waals surface area contributed by atoms with Crippen LogP contribution in [0.5, 0.6) is 0 Å². The number of halogens is 1. The lowest BCUT2D eigenvalue weighted by atomic mass is 10.1. The maximum absolute atomic E-state index is 5.28. The summed E-state index contributed by atoms with van der Waals surface area (Å²) in [6.45, 7) is 4.46. The first-order valence-corrected chi connectivity index (χ1v) is 3.25. The van der Waals surface area contributed by atoms with Gasteiger partial charge in [-0.25, -0.2) is 0 Å². The molecule has 0 aromatic heterocycles. The molecule has 2 heterocycles. The topological polar surface area (TPSA) is 12.5 Å². The predicted octanol–water partition coefficient (Wildman–Crippen LogP) is 0.718. The molecule has 2 aliphatic rings. The van der Waals surface area contributed by atoms with Crippen molar-refractivity contribution in [3.63, 3.8) is 0 Å². The molecule has 2 fully saturated rings. The van der Waals surface area contributed by atoms with Crippen LogP contribution in [0.15, 0.2) is 0 Å². The molecule has 2 atom stereocenters. The molecule has 0 aromatic rings. The second-order valence-corrected chi connectivity index (χ2v) is 2.73. The van der Waals surface area contributed by atoms with Gasteiger partial charge in [0.05, 0.1) is 13.3 Å². The van der Waals surface area contributed by atoms with Gasteiger partial charge >= 0.3 is 0 Å². The number of rotatable bonds is 0. The maximum atomic E-state index is 5.28. The molecule has 0 amide bonds. The van der Waals surface area contributed by atoms with Crippen LogP contribution < -0.4 is 0 Å². The van der Waals surface area contributed by atoms with E-state index in [1.165, 1.54) is 19.5 Å². The van der Waals surface area contributed by atoms with Gasteiger partial charge < -0.3 is 4.74 Å². The van der Waals surface area contributed by atoms with Crippen molar-refractivity contribution in [3.8, 4) is 0 Å². The van der Waals surface area contributed by atoms with E-state index < -0.39 is 0 Å². The van der Waals surface area contributed by atoms with Crippen molar-refractivity contribution in [3.05, 3.63) is 0 Å². The Morgan fingerprint density at radius 3 is 3.00 bits per heavy atom. The smallest absolute Gasteiger partial charge is 0.0990 e. The van der Waals surface area contributed by atoms with Crippen molar-refractivity contribution >= 4 is 12.4 Å². The van der Waals surface area contributed by atoms with Crippen LogP contribution in [0.2, 0.25) is 0 Å². The fourth-order valence-electron chi connectivity index (χ4n) is 1.51. The second-order valence-electron chi connectivity index (χ2n) is 2.73. The van der Waals surface area contributed by atoms with E-state index in [2.05, 4.69) is 4.90 Å². The molecular weight excluding hydrogens is 138 g/mol. The number of hydrogen-bond donors (Lipinski definition) is 0. The summed E-state index contributed by atoms with van der Waals surface area (Å²) in [7, 11) is 0. The Balaban J connectivity index is 0.000000405. The van der Waals surface area contributed by atoms with Crippen molar-refractivity contribution < 1.29 is 4.74 Å². The van der Waals surface area contributed by atoms with Gasteiger partial charge in [-0.1, -0.05) is 0 Å². The summed E-state index contributed by atoms with van der Waals surface area (Å²) < 4.78 is 5.28. The molecule has 2 saturated heterocycles. The molecule has 0 aromatic carbocycles. The minimum absolute atomic E-state index is 0. The summed E-state index contributed by atoms with van der Waals surface area (Å²) in [6, 6.07) is 0. The third-order valence-corrected chi connectivity index (χ3v) is 2.00. The van der Waals surface area contributed by atoms with Gasteiger partial charge in [0.25, 0.3) is 0 Å². The minimum atomic E-state index is 0. The number of fused-ring (bicyclic) bond motifs is 2. The van der Waals surface area contributed by atoms with Gasteiger partial charge in [-0.3, -0.25) is 4.90 Å². The summed E-state index contributed by atoms with van der Waals surface area (Å²) in [5, 5.41) is 0. The molecule has 2 bridgehead atoms. The van der Waals surface area contributed by atoms with E-state index in [0.29, 0.717) is 0 Å². The van der Waals surface area contributed by atoms with Crippen LogP contribution >= 0.6 is 12.4 Å². The largest absolute Gasteiger partial charge is 0.366 e. The Bertz CT molecular complexity index is 85.1. The third kappa shape index (κ3) is 1.37. The molecule has 2 unspecified atom stereocenters. The molecule has 3 heteroatoms. The number of nitrogens with zero attached hydrogens (tertiary/aromatic N) is 1. The van der Waals surface area contributed by atoms with Gasteiger partial charge in [0.1, 0.15) is 0 Å². The van der Waals surface area contributed by atoms with Gasteiger partial charge in [0.2, 0.25) is 0 Å². The van der Waals surface area contributed by atoms with Gasteiger partial charge in [-0.2, -0.15) is 0 Å². The van der Waals surface area contributed by atoms with Crippen molar-refractivity contribution in [1.29, 1.82) is 0 Å². The Morgan fingerprint density at radius 1 is 1.44 bits per heavy atom. The van der Waals surface area contributed by atoms with E-state index in [1.807, 2.05) is 0 Å². The van der Waals surface area contributed by atoms with Crippen LogP contribution in [0.1, 0.15) is 6.42 Å². The monoisotopic (exact) mass is 149 g/mol. The zero-order valence-electron chi connectivity index (χ0n) is 5.38. The van der Waals surface area contributed by atoms with E-state index >= 15 is 0 Å². The highest BCUT2D eigenvalue weighted by Gasteiger charge is 2.26. The van der Waals surface area contributed by atoms with Crippen LogP contribution in [0.4, 0.5) is 0 Å². The highest BCUT2D eigenvalue weighted by atomic mass is 35.5. The zero-order valence-corrected chi connectivity index (χ0v) is 6.19. The molecule has 2 rings (SSSR count). The van der Waals surface area contributed by atoms with E-state index in [9.17, 15) is 0 Å². The molecule has 0 radical (unpaired) electrons. The van der Waals surface area contributed by atoms with Crippen molar-refractivity contribution in [2.24, 2.45) is 5.92 Å². The van der Waals surface area contributed by atoms with Crippen molar-refractivity contribution in [2.75, 3.05) is 26.4 Å². The third-order valence-electron chi connectivity index (χ3n) is 2.00. The Hall–Kier alpha value is 0.210. The van der Waals surface area contributed by atoms with Crippen molar-refractivity contribution in [1.82, 2.24) is 4.90 Å². The van der Waals surface area contributed by atoms with Crippen LogP contribution in [0.25, 0.3) is 0 Å². The van der Waals surface area contributed by atoms with Gasteiger partial charge in [-0.05, 0) is 12.3 Å². The molecule has 9 heavy (non-hydrogen) atoms. The van der Waals surface area contributed by atoms with Gasteiger partial charge in [0.15, 0.2) is 0 Å². The van der Waals surface area contributed by atoms with E-state index in [1.54, 1.807) is 0 Å². The normalized spacial score (nSPS) is 40.0. The Kier molecular flexibility index (Phi) is 2.33. The Labute approximate surface area is 61.6 Å². The Morgan fingerprint density at radius 2 is 2.33 bits per heavy atom. The van der Waals surface area contributed by atoms with E-state index in [0.717, 1.165) is 19.3 Å². The van der Waals surface area contributed by atoms with E-state index in [4.69, 9.17) is 4.74 Å². The average molecular weight is 150 g/mol. The number of hydrogen-bond acceptors (Lipinski definition) is 2.